The van der Waals surface area contributed by atoms with Crippen molar-refractivity contribution in [2.75, 3.05) is 17.2 Å². The van der Waals surface area contributed by atoms with Gasteiger partial charge in [0.2, 0.25) is 0 Å². The maximum atomic E-state index is 11.9. The van der Waals surface area contributed by atoms with Gasteiger partial charge in [-0.3, -0.25) is 9.78 Å². The summed E-state index contributed by atoms with van der Waals surface area (Å²) in [5, 5.41) is 2.91. The topological polar surface area (TPSA) is 68.0 Å². The lowest BCUT2D eigenvalue weighted by Crippen LogP contribution is -2.34. The Balaban J connectivity index is 2.63. The van der Waals surface area contributed by atoms with Crippen LogP contribution < -0.4 is 11.1 Å². The number of aromatic nitrogens is 1. The Bertz CT molecular complexity index is 395. The lowest BCUT2D eigenvalue weighted by atomic mass is 10.2. The van der Waals surface area contributed by atoms with Crippen LogP contribution in [0, 0.1) is 6.92 Å². The summed E-state index contributed by atoms with van der Waals surface area (Å²) < 4.78 is 0. The number of anilines is 1. The van der Waals surface area contributed by atoms with Crippen molar-refractivity contribution >= 4 is 23.4 Å². The number of nitrogen functional groups attached to an aromatic ring is 1. The van der Waals surface area contributed by atoms with Crippen molar-refractivity contribution < 1.29 is 4.79 Å². The van der Waals surface area contributed by atoms with Crippen LogP contribution in [-0.2, 0) is 0 Å². The summed E-state index contributed by atoms with van der Waals surface area (Å²) in [6.45, 7) is 5.93. The van der Waals surface area contributed by atoms with Crippen LogP contribution in [-0.4, -0.2) is 28.4 Å². The summed E-state index contributed by atoms with van der Waals surface area (Å²) in [4.78, 5) is 16.0. The number of nitrogens with zero attached hydrogens (tertiary/aromatic N) is 1. The highest BCUT2D eigenvalue weighted by atomic mass is 32.2. The molecule has 0 saturated heterocycles. The standard InChI is InChI=1S/C12H19N3OS/c1-4-17-7-9(3)15-12(16)10-6-14-8(2)5-11(10)13/h5-6,9H,4,7H2,1-3H3,(H2,13,14)(H,15,16). The predicted molar refractivity (Wildman–Crippen MR) is 73.3 cm³/mol. The monoisotopic (exact) mass is 253 g/mol. The molecule has 1 unspecified atom stereocenters. The molecule has 1 amide bonds. The molecule has 0 aliphatic heterocycles. The van der Waals surface area contributed by atoms with Gasteiger partial charge in [-0.15, -0.1) is 0 Å². The third-order valence-corrected chi connectivity index (χ3v) is 3.41. The molecule has 0 radical (unpaired) electrons. The molecule has 1 rings (SSSR count). The van der Waals surface area contributed by atoms with E-state index in [2.05, 4.69) is 17.2 Å². The molecular weight excluding hydrogens is 234 g/mol. The van der Waals surface area contributed by atoms with E-state index in [9.17, 15) is 4.79 Å². The number of aryl methyl sites for hydroxylation is 1. The molecule has 0 aromatic carbocycles. The number of carbonyl (C=O) groups excluding carboxylic acids is 1. The van der Waals surface area contributed by atoms with E-state index < -0.39 is 0 Å². The summed E-state index contributed by atoms with van der Waals surface area (Å²) in [5.74, 6) is 1.80. The second-order valence-corrected chi connectivity index (χ2v) is 5.27. The molecule has 0 fully saturated rings. The third-order valence-electron chi connectivity index (χ3n) is 2.27. The van der Waals surface area contributed by atoms with Gasteiger partial charge in [0.25, 0.3) is 5.91 Å². The Kier molecular flexibility index (Phi) is 5.28. The van der Waals surface area contributed by atoms with Crippen molar-refractivity contribution in [3.63, 3.8) is 0 Å². The SMILES string of the molecule is CCSCC(C)NC(=O)c1cnc(C)cc1N. The van der Waals surface area contributed by atoms with E-state index in [1.807, 2.05) is 13.8 Å². The van der Waals surface area contributed by atoms with E-state index in [4.69, 9.17) is 5.73 Å². The Morgan fingerprint density at radius 1 is 1.65 bits per heavy atom. The van der Waals surface area contributed by atoms with E-state index in [0.717, 1.165) is 17.2 Å². The van der Waals surface area contributed by atoms with Crippen molar-refractivity contribution in [3.8, 4) is 0 Å². The largest absolute Gasteiger partial charge is 0.398 e. The van der Waals surface area contributed by atoms with Crippen LogP contribution in [0.3, 0.4) is 0 Å². The number of nitrogens with two attached hydrogens (primary N) is 1. The maximum absolute atomic E-state index is 11.9. The maximum Gasteiger partial charge on any atom is 0.255 e. The summed E-state index contributed by atoms with van der Waals surface area (Å²) in [6.07, 6.45) is 1.53. The Morgan fingerprint density at radius 3 is 2.94 bits per heavy atom. The van der Waals surface area contributed by atoms with Crippen molar-refractivity contribution in [1.29, 1.82) is 0 Å². The molecule has 1 atom stereocenters. The smallest absolute Gasteiger partial charge is 0.255 e. The third kappa shape index (κ3) is 4.26. The average molecular weight is 253 g/mol. The van der Waals surface area contributed by atoms with Crippen molar-refractivity contribution in [3.05, 3.63) is 23.5 Å². The molecule has 1 aromatic heterocycles. The Hall–Kier alpha value is -1.23. The molecule has 94 valence electrons. The summed E-state index contributed by atoms with van der Waals surface area (Å²) in [7, 11) is 0. The van der Waals surface area contributed by atoms with Crippen LogP contribution in [0.25, 0.3) is 0 Å². The molecule has 0 aliphatic rings. The van der Waals surface area contributed by atoms with Gasteiger partial charge in [0, 0.05) is 29.4 Å². The van der Waals surface area contributed by atoms with Crippen molar-refractivity contribution in [2.24, 2.45) is 0 Å². The van der Waals surface area contributed by atoms with Crippen LogP contribution in [0.4, 0.5) is 5.69 Å². The summed E-state index contributed by atoms with van der Waals surface area (Å²) in [5.41, 5.74) is 7.53. The van der Waals surface area contributed by atoms with E-state index in [1.165, 1.54) is 6.20 Å². The first-order valence-electron chi connectivity index (χ1n) is 5.65. The minimum atomic E-state index is -0.154. The molecule has 17 heavy (non-hydrogen) atoms. The van der Waals surface area contributed by atoms with Gasteiger partial charge >= 0.3 is 0 Å². The number of thioether (sulfide) groups is 1. The minimum Gasteiger partial charge on any atom is -0.398 e. The van der Waals surface area contributed by atoms with E-state index in [-0.39, 0.29) is 11.9 Å². The molecule has 4 nitrogen and oxygen atoms in total. The zero-order valence-corrected chi connectivity index (χ0v) is 11.3. The quantitative estimate of drug-likeness (QED) is 0.840. The Labute approximate surface area is 106 Å². The van der Waals surface area contributed by atoms with E-state index in [1.54, 1.807) is 17.8 Å². The highest BCUT2D eigenvalue weighted by Gasteiger charge is 2.12. The fourth-order valence-electron chi connectivity index (χ4n) is 1.41. The fourth-order valence-corrected chi connectivity index (χ4v) is 2.08. The first kappa shape index (κ1) is 13.8. The van der Waals surface area contributed by atoms with Gasteiger partial charge in [-0.25, -0.2) is 0 Å². The van der Waals surface area contributed by atoms with Crippen LogP contribution in [0.1, 0.15) is 29.9 Å². The number of nitrogens with one attached hydrogen (secondary N) is 1. The zero-order valence-electron chi connectivity index (χ0n) is 10.5. The van der Waals surface area contributed by atoms with Gasteiger partial charge in [-0.05, 0) is 25.7 Å². The van der Waals surface area contributed by atoms with E-state index in [0.29, 0.717) is 11.3 Å². The molecule has 0 bridgehead atoms. The van der Waals surface area contributed by atoms with Gasteiger partial charge in [0.05, 0.1) is 5.56 Å². The van der Waals surface area contributed by atoms with Crippen LogP contribution in [0.5, 0.6) is 0 Å². The fraction of sp³-hybridized carbons (Fsp3) is 0.500. The minimum absolute atomic E-state index is 0.133. The van der Waals surface area contributed by atoms with Crippen LogP contribution in [0.15, 0.2) is 12.3 Å². The Morgan fingerprint density at radius 2 is 2.35 bits per heavy atom. The summed E-state index contributed by atoms with van der Waals surface area (Å²) in [6, 6.07) is 1.84. The van der Waals surface area contributed by atoms with Gasteiger partial charge in [-0.1, -0.05) is 6.92 Å². The lowest BCUT2D eigenvalue weighted by Gasteiger charge is -2.14. The van der Waals surface area contributed by atoms with Crippen LogP contribution in [0.2, 0.25) is 0 Å². The second-order valence-electron chi connectivity index (χ2n) is 3.95. The molecule has 3 N–H and O–H groups in total. The molecule has 0 aliphatic carbocycles. The number of hydrogen-bond donors (Lipinski definition) is 2. The number of amides is 1. The first-order valence-corrected chi connectivity index (χ1v) is 6.80. The number of rotatable bonds is 5. The van der Waals surface area contributed by atoms with Gasteiger partial charge < -0.3 is 11.1 Å². The first-order chi connectivity index (χ1) is 8.04. The van der Waals surface area contributed by atoms with Crippen molar-refractivity contribution in [1.82, 2.24) is 10.3 Å². The van der Waals surface area contributed by atoms with Crippen LogP contribution >= 0.6 is 11.8 Å². The summed E-state index contributed by atoms with van der Waals surface area (Å²) >= 11 is 1.80. The zero-order chi connectivity index (χ0) is 12.8. The lowest BCUT2D eigenvalue weighted by molar-refractivity contribution is 0.0944. The normalized spacial score (nSPS) is 12.2. The van der Waals surface area contributed by atoms with Gasteiger partial charge in [0.1, 0.15) is 0 Å². The molecule has 0 saturated carbocycles. The van der Waals surface area contributed by atoms with E-state index >= 15 is 0 Å². The van der Waals surface area contributed by atoms with Gasteiger partial charge in [-0.2, -0.15) is 11.8 Å². The highest BCUT2D eigenvalue weighted by molar-refractivity contribution is 7.99. The number of pyridine rings is 1. The van der Waals surface area contributed by atoms with Gasteiger partial charge in [0.15, 0.2) is 0 Å². The van der Waals surface area contributed by atoms with Crippen molar-refractivity contribution in [2.45, 2.75) is 26.8 Å². The molecule has 5 heteroatoms. The number of carbonyl (C=O) groups is 1. The average Bonchev–Trinajstić information content (AvgIpc) is 2.26. The predicted octanol–water partition coefficient (Wildman–Crippen LogP) is 1.84. The molecule has 0 spiro atoms. The molecule has 1 heterocycles. The number of hydrogen-bond acceptors (Lipinski definition) is 4. The second kappa shape index (κ2) is 6.49. The molecule has 1 aromatic rings. The molecular formula is C12H19N3OS. The highest BCUT2D eigenvalue weighted by Crippen LogP contribution is 2.11.